The summed E-state index contributed by atoms with van der Waals surface area (Å²) >= 11 is 0. The highest BCUT2D eigenvalue weighted by Crippen LogP contribution is 2.15. The molecule has 0 radical (unpaired) electrons. The largest absolute Gasteiger partial charge is 0.379 e. The molecular formula is C15H20N4O2. The van der Waals surface area contributed by atoms with Crippen LogP contribution in [-0.4, -0.2) is 59.9 Å². The molecule has 0 saturated carbocycles. The Morgan fingerprint density at radius 1 is 1.48 bits per heavy atom. The zero-order valence-electron chi connectivity index (χ0n) is 12.1. The average Bonchev–Trinajstić information content (AvgIpc) is 3.01. The lowest BCUT2D eigenvalue weighted by molar-refractivity contribution is 0.0204. The number of aromatic nitrogens is 2. The van der Waals surface area contributed by atoms with Crippen LogP contribution in [0, 0.1) is 0 Å². The number of hydrogen-bond donors (Lipinski definition) is 2. The molecule has 1 atom stereocenters. The smallest absolute Gasteiger partial charge is 0.253 e. The summed E-state index contributed by atoms with van der Waals surface area (Å²) in [5.41, 5.74) is 1.42. The normalized spacial score (nSPS) is 17.8. The summed E-state index contributed by atoms with van der Waals surface area (Å²) in [6.45, 7) is 6.14. The second-order valence-electron chi connectivity index (χ2n) is 5.35. The van der Waals surface area contributed by atoms with E-state index in [1.165, 1.54) is 0 Å². The highest BCUT2D eigenvalue weighted by atomic mass is 16.5. The number of hydrogen-bond acceptors (Lipinski definition) is 4. The van der Waals surface area contributed by atoms with E-state index in [-0.39, 0.29) is 5.91 Å². The molecule has 2 N–H and O–H groups in total. The number of benzene rings is 1. The molecule has 2 heterocycles. The van der Waals surface area contributed by atoms with Gasteiger partial charge in [-0.3, -0.25) is 14.8 Å². The fraction of sp³-hybridized carbons (Fsp3) is 0.467. The monoisotopic (exact) mass is 288 g/mol. The number of carbonyl (C=O) groups excluding carboxylic acids is 1. The standard InChI is InChI=1S/C15H20N4O2/c1-11(19-5-7-21-8-6-19)9-16-15(20)13-4-2-3-12-10-17-18-14(12)13/h2-4,10-11H,5-9H2,1H3,(H,16,20)(H,17,18)/t11-/m1/s1. The third kappa shape index (κ3) is 3.06. The molecule has 2 aromatic rings. The van der Waals surface area contributed by atoms with Crippen molar-refractivity contribution in [3.8, 4) is 0 Å². The molecule has 3 rings (SSSR count). The van der Waals surface area contributed by atoms with Crippen LogP contribution in [0.2, 0.25) is 0 Å². The van der Waals surface area contributed by atoms with Crippen molar-refractivity contribution >= 4 is 16.8 Å². The second-order valence-corrected chi connectivity index (χ2v) is 5.35. The Morgan fingerprint density at radius 3 is 3.10 bits per heavy atom. The molecule has 1 fully saturated rings. The molecule has 1 aromatic carbocycles. The minimum atomic E-state index is -0.0649. The first-order valence-corrected chi connectivity index (χ1v) is 7.28. The Morgan fingerprint density at radius 2 is 2.29 bits per heavy atom. The lowest BCUT2D eigenvalue weighted by Gasteiger charge is -2.32. The van der Waals surface area contributed by atoms with Crippen molar-refractivity contribution in [2.45, 2.75) is 13.0 Å². The summed E-state index contributed by atoms with van der Waals surface area (Å²) in [7, 11) is 0. The number of morpholine rings is 1. The number of ether oxygens (including phenoxy) is 1. The second kappa shape index (κ2) is 6.24. The molecule has 21 heavy (non-hydrogen) atoms. The molecule has 6 heteroatoms. The Kier molecular flexibility index (Phi) is 4.17. The van der Waals surface area contributed by atoms with Gasteiger partial charge in [-0.25, -0.2) is 0 Å². The average molecular weight is 288 g/mol. The minimum Gasteiger partial charge on any atom is -0.379 e. The van der Waals surface area contributed by atoms with Crippen LogP contribution in [-0.2, 0) is 4.74 Å². The molecule has 0 aliphatic carbocycles. The maximum absolute atomic E-state index is 12.3. The maximum atomic E-state index is 12.3. The van der Waals surface area contributed by atoms with Crippen molar-refractivity contribution in [2.24, 2.45) is 0 Å². The summed E-state index contributed by atoms with van der Waals surface area (Å²) in [4.78, 5) is 14.7. The van der Waals surface area contributed by atoms with Gasteiger partial charge in [0.1, 0.15) is 0 Å². The van der Waals surface area contributed by atoms with E-state index < -0.39 is 0 Å². The number of para-hydroxylation sites is 1. The van der Waals surface area contributed by atoms with E-state index in [0.717, 1.165) is 37.2 Å². The molecule has 0 unspecified atom stereocenters. The van der Waals surface area contributed by atoms with Gasteiger partial charge in [0.2, 0.25) is 0 Å². The van der Waals surface area contributed by atoms with Gasteiger partial charge >= 0.3 is 0 Å². The third-order valence-electron chi connectivity index (χ3n) is 3.95. The predicted octanol–water partition coefficient (Wildman–Crippen LogP) is 1.01. The van der Waals surface area contributed by atoms with Gasteiger partial charge in [0.25, 0.3) is 5.91 Å². The molecule has 0 bridgehead atoms. The van der Waals surface area contributed by atoms with Crippen molar-refractivity contribution in [1.29, 1.82) is 0 Å². The van der Waals surface area contributed by atoms with Crippen LogP contribution < -0.4 is 5.32 Å². The van der Waals surface area contributed by atoms with Crippen LogP contribution in [0.1, 0.15) is 17.3 Å². The van der Waals surface area contributed by atoms with Gasteiger partial charge in [-0.1, -0.05) is 12.1 Å². The number of aromatic amines is 1. The van der Waals surface area contributed by atoms with Crippen molar-refractivity contribution in [1.82, 2.24) is 20.4 Å². The number of H-pyrrole nitrogens is 1. The lowest BCUT2D eigenvalue weighted by Crippen LogP contribution is -2.47. The minimum absolute atomic E-state index is 0.0649. The number of nitrogens with zero attached hydrogens (tertiary/aromatic N) is 2. The molecule has 1 aromatic heterocycles. The zero-order chi connectivity index (χ0) is 14.7. The van der Waals surface area contributed by atoms with Crippen molar-refractivity contribution in [3.05, 3.63) is 30.0 Å². The molecule has 1 aliphatic heterocycles. The highest BCUT2D eigenvalue weighted by Gasteiger charge is 2.18. The molecule has 1 saturated heterocycles. The van der Waals surface area contributed by atoms with Crippen molar-refractivity contribution in [2.75, 3.05) is 32.8 Å². The van der Waals surface area contributed by atoms with E-state index in [2.05, 4.69) is 27.3 Å². The number of fused-ring (bicyclic) bond motifs is 1. The number of amides is 1. The fourth-order valence-corrected chi connectivity index (χ4v) is 2.64. The predicted molar refractivity (Wildman–Crippen MR) is 80.3 cm³/mol. The maximum Gasteiger partial charge on any atom is 0.253 e. The quantitative estimate of drug-likeness (QED) is 0.881. The van der Waals surface area contributed by atoms with E-state index >= 15 is 0 Å². The number of nitrogens with one attached hydrogen (secondary N) is 2. The first kappa shape index (κ1) is 14.0. The number of carbonyl (C=O) groups is 1. The van der Waals surface area contributed by atoms with Gasteiger partial charge in [0.05, 0.1) is 30.5 Å². The molecule has 0 spiro atoms. The lowest BCUT2D eigenvalue weighted by atomic mass is 10.1. The molecular weight excluding hydrogens is 268 g/mol. The van der Waals surface area contributed by atoms with Gasteiger partial charge in [-0.2, -0.15) is 5.10 Å². The van der Waals surface area contributed by atoms with E-state index in [1.807, 2.05) is 18.2 Å². The van der Waals surface area contributed by atoms with Crippen LogP contribution in [0.15, 0.2) is 24.4 Å². The van der Waals surface area contributed by atoms with Crippen molar-refractivity contribution in [3.63, 3.8) is 0 Å². The zero-order valence-corrected chi connectivity index (χ0v) is 12.1. The van der Waals surface area contributed by atoms with Gasteiger partial charge in [0.15, 0.2) is 0 Å². The van der Waals surface area contributed by atoms with Crippen LogP contribution in [0.3, 0.4) is 0 Å². The summed E-state index contributed by atoms with van der Waals surface area (Å²) < 4.78 is 5.34. The van der Waals surface area contributed by atoms with E-state index in [1.54, 1.807) is 6.20 Å². The first-order chi connectivity index (χ1) is 10.3. The first-order valence-electron chi connectivity index (χ1n) is 7.28. The fourth-order valence-electron chi connectivity index (χ4n) is 2.64. The summed E-state index contributed by atoms with van der Waals surface area (Å²) in [5.74, 6) is -0.0649. The Bertz CT molecular complexity index is 619. The molecule has 1 amide bonds. The van der Waals surface area contributed by atoms with E-state index in [0.29, 0.717) is 18.2 Å². The summed E-state index contributed by atoms with van der Waals surface area (Å²) in [6, 6.07) is 5.93. The van der Waals surface area contributed by atoms with Gasteiger partial charge < -0.3 is 10.1 Å². The van der Waals surface area contributed by atoms with Gasteiger partial charge in [-0.05, 0) is 13.0 Å². The summed E-state index contributed by atoms with van der Waals surface area (Å²) in [5, 5.41) is 10.8. The number of rotatable bonds is 4. The van der Waals surface area contributed by atoms with E-state index in [4.69, 9.17) is 4.74 Å². The van der Waals surface area contributed by atoms with Crippen LogP contribution >= 0.6 is 0 Å². The van der Waals surface area contributed by atoms with Gasteiger partial charge in [-0.15, -0.1) is 0 Å². The van der Waals surface area contributed by atoms with Crippen LogP contribution in [0.4, 0.5) is 0 Å². The summed E-state index contributed by atoms with van der Waals surface area (Å²) in [6.07, 6.45) is 1.72. The Labute approximate surface area is 123 Å². The molecule has 6 nitrogen and oxygen atoms in total. The Hall–Kier alpha value is -1.92. The topological polar surface area (TPSA) is 70.2 Å². The molecule has 112 valence electrons. The third-order valence-corrected chi connectivity index (χ3v) is 3.95. The van der Waals surface area contributed by atoms with Crippen molar-refractivity contribution < 1.29 is 9.53 Å². The van der Waals surface area contributed by atoms with E-state index in [9.17, 15) is 4.79 Å². The highest BCUT2D eigenvalue weighted by molar-refractivity contribution is 6.05. The molecule has 1 aliphatic rings. The van der Waals surface area contributed by atoms with Crippen LogP contribution in [0.5, 0.6) is 0 Å². The SMILES string of the molecule is C[C@H](CNC(=O)c1cccc2cn[nH]c12)N1CCOCC1. The Balaban J connectivity index is 1.62. The van der Waals surface area contributed by atoms with Crippen LogP contribution in [0.25, 0.3) is 10.9 Å². The van der Waals surface area contributed by atoms with Gasteiger partial charge in [0, 0.05) is 31.1 Å².